The molecule has 8 heteroatoms. The van der Waals surface area contributed by atoms with Gasteiger partial charge in [-0.1, -0.05) is 47.7 Å². The first-order chi connectivity index (χ1) is 17.0. The van der Waals surface area contributed by atoms with Crippen molar-refractivity contribution in [1.29, 1.82) is 0 Å². The molecule has 1 atom stereocenters. The average molecular weight is 502 g/mol. The lowest BCUT2D eigenvalue weighted by Crippen LogP contribution is -2.40. The molecule has 0 aliphatic carbocycles. The largest absolute Gasteiger partial charge is 0.494 e. The molecule has 0 unspecified atom stereocenters. The molecule has 35 heavy (non-hydrogen) atoms. The maximum absolute atomic E-state index is 13.6. The number of nitrogens with zero attached hydrogens (tertiary/aromatic N) is 2. The molecule has 0 saturated heterocycles. The number of aromatic nitrogens is 1. The van der Waals surface area contributed by atoms with Gasteiger partial charge in [-0.3, -0.25) is 14.2 Å². The molecule has 1 amide bonds. The molecule has 0 bridgehead atoms. The second-order valence-electron chi connectivity index (χ2n) is 7.92. The van der Waals surface area contributed by atoms with Crippen molar-refractivity contribution in [2.24, 2.45) is 4.99 Å². The molecule has 1 N–H and O–H groups in total. The maximum Gasteiger partial charge on any atom is 0.271 e. The Labute approximate surface area is 210 Å². The van der Waals surface area contributed by atoms with Gasteiger partial charge in [-0.15, -0.1) is 11.3 Å². The normalized spacial score (nSPS) is 15.5. The van der Waals surface area contributed by atoms with Crippen molar-refractivity contribution in [2.45, 2.75) is 19.9 Å². The highest BCUT2D eigenvalue weighted by Crippen LogP contribution is 2.31. The van der Waals surface area contributed by atoms with Gasteiger partial charge in [-0.25, -0.2) is 4.99 Å². The first kappa shape index (κ1) is 23.0. The van der Waals surface area contributed by atoms with Crippen LogP contribution in [0.2, 0.25) is 0 Å². The van der Waals surface area contributed by atoms with Crippen molar-refractivity contribution >= 4 is 40.3 Å². The van der Waals surface area contributed by atoms with Gasteiger partial charge in [0.1, 0.15) is 5.75 Å². The van der Waals surface area contributed by atoms with Crippen molar-refractivity contribution in [3.05, 3.63) is 114 Å². The van der Waals surface area contributed by atoms with E-state index < -0.39 is 6.04 Å². The number of nitrogens with one attached hydrogen (secondary N) is 1. The van der Waals surface area contributed by atoms with Gasteiger partial charge in [0, 0.05) is 10.6 Å². The summed E-state index contributed by atoms with van der Waals surface area (Å²) in [5.74, 6) is 0.446. The van der Waals surface area contributed by atoms with Crippen LogP contribution in [0.5, 0.6) is 5.75 Å². The summed E-state index contributed by atoms with van der Waals surface area (Å²) in [5.41, 5.74) is 2.34. The Bertz CT molecular complexity index is 1570. The number of ether oxygens (including phenoxy) is 1. The van der Waals surface area contributed by atoms with E-state index in [0.717, 1.165) is 16.2 Å². The minimum absolute atomic E-state index is 0.168. The van der Waals surface area contributed by atoms with Gasteiger partial charge in [-0.05, 0) is 61.2 Å². The van der Waals surface area contributed by atoms with E-state index in [1.165, 1.54) is 11.3 Å². The number of thiazole rings is 1. The number of allylic oxidation sites excluding steroid dienone is 1. The van der Waals surface area contributed by atoms with Crippen LogP contribution in [-0.2, 0) is 4.79 Å². The van der Waals surface area contributed by atoms with Gasteiger partial charge in [0.15, 0.2) is 4.80 Å². The number of hydrogen-bond acceptors (Lipinski definition) is 6. The number of carbonyl (C=O) groups is 1. The second-order valence-corrected chi connectivity index (χ2v) is 9.91. The predicted octanol–water partition coefficient (Wildman–Crippen LogP) is 4.33. The van der Waals surface area contributed by atoms with Gasteiger partial charge in [0.2, 0.25) is 0 Å². The van der Waals surface area contributed by atoms with E-state index in [0.29, 0.717) is 32.9 Å². The number of anilines is 1. The number of para-hydroxylation sites is 1. The van der Waals surface area contributed by atoms with Crippen LogP contribution in [0, 0.1) is 0 Å². The number of rotatable bonds is 6. The molecule has 2 aromatic heterocycles. The van der Waals surface area contributed by atoms with Crippen LogP contribution in [0.3, 0.4) is 0 Å². The van der Waals surface area contributed by atoms with E-state index in [1.54, 1.807) is 15.9 Å². The summed E-state index contributed by atoms with van der Waals surface area (Å²) in [5, 5.41) is 4.94. The fourth-order valence-corrected chi connectivity index (χ4v) is 5.83. The van der Waals surface area contributed by atoms with E-state index in [1.807, 2.05) is 92.0 Å². The molecule has 1 aliphatic rings. The van der Waals surface area contributed by atoms with Gasteiger partial charge >= 0.3 is 0 Å². The summed E-state index contributed by atoms with van der Waals surface area (Å²) in [4.78, 5) is 33.4. The van der Waals surface area contributed by atoms with Crippen molar-refractivity contribution in [2.75, 3.05) is 11.9 Å². The Hall–Kier alpha value is -3.75. The van der Waals surface area contributed by atoms with Crippen molar-refractivity contribution in [3.63, 3.8) is 0 Å². The van der Waals surface area contributed by atoms with Gasteiger partial charge in [-0.2, -0.15) is 0 Å². The third-order valence-electron chi connectivity index (χ3n) is 5.62. The fourth-order valence-electron chi connectivity index (χ4n) is 4.06. The van der Waals surface area contributed by atoms with Crippen LogP contribution in [0.4, 0.5) is 5.69 Å². The maximum atomic E-state index is 13.6. The molecule has 0 saturated carbocycles. The summed E-state index contributed by atoms with van der Waals surface area (Å²) in [6.07, 6.45) is 1.88. The van der Waals surface area contributed by atoms with Crippen molar-refractivity contribution in [3.8, 4) is 5.75 Å². The Morgan fingerprint density at radius 1 is 1.11 bits per heavy atom. The highest BCUT2D eigenvalue weighted by Gasteiger charge is 2.32. The summed E-state index contributed by atoms with van der Waals surface area (Å²) in [6, 6.07) is 20.1. The minimum Gasteiger partial charge on any atom is -0.494 e. The van der Waals surface area contributed by atoms with Gasteiger partial charge in [0.25, 0.3) is 11.5 Å². The zero-order chi connectivity index (χ0) is 24.4. The Morgan fingerprint density at radius 3 is 2.57 bits per heavy atom. The number of hydrogen-bond donors (Lipinski definition) is 1. The highest BCUT2D eigenvalue weighted by atomic mass is 32.1. The summed E-state index contributed by atoms with van der Waals surface area (Å²) < 4.78 is 7.81. The number of fused-ring (bicyclic) bond motifs is 1. The number of amides is 1. The first-order valence-corrected chi connectivity index (χ1v) is 12.9. The summed E-state index contributed by atoms with van der Waals surface area (Å²) in [6.45, 7) is 4.30. The van der Waals surface area contributed by atoms with Crippen LogP contribution in [-0.4, -0.2) is 17.1 Å². The van der Waals surface area contributed by atoms with Gasteiger partial charge in [0.05, 0.1) is 28.5 Å². The van der Waals surface area contributed by atoms with E-state index in [4.69, 9.17) is 4.74 Å². The summed E-state index contributed by atoms with van der Waals surface area (Å²) >= 11 is 2.90. The molecule has 0 fully saturated rings. The van der Waals surface area contributed by atoms with Crippen LogP contribution < -0.4 is 24.9 Å². The van der Waals surface area contributed by atoms with E-state index in [-0.39, 0.29) is 11.5 Å². The van der Waals surface area contributed by atoms with Gasteiger partial charge < -0.3 is 10.1 Å². The van der Waals surface area contributed by atoms with Crippen LogP contribution >= 0.6 is 22.7 Å². The SMILES string of the molecule is CCOc1ccc([C@@H]2C(C(=O)Nc3ccccc3)=C(C)N=c3s/c(=C\c4cccs4)c(=O)n32)cc1. The van der Waals surface area contributed by atoms with E-state index in [9.17, 15) is 9.59 Å². The smallest absolute Gasteiger partial charge is 0.271 e. The lowest BCUT2D eigenvalue weighted by Gasteiger charge is -2.25. The molecular weight excluding hydrogens is 478 g/mol. The lowest BCUT2D eigenvalue weighted by molar-refractivity contribution is -0.113. The molecule has 5 rings (SSSR count). The molecule has 0 radical (unpaired) electrons. The van der Waals surface area contributed by atoms with E-state index in [2.05, 4.69) is 10.3 Å². The molecule has 176 valence electrons. The first-order valence-electron chi connectivity index (χ1n) is 11.2. The average Bonchev–Trinajstić information content (AvgIpc) is 3.47. The standard InChI is InChI=1S/C27H23N3O3S2/c1-3-33-20-13-11-18(12-14-20)24-23(25(31)29-19-8-5-4-6-9-19)17(2)28-27-30(24)26(32)22(35-27)16-21-10-7-15-34-21/h4-16,24H,3H2,1-2H3,(H,29,31)/b22-16-/t24-/m1/s1. The minimum atomic E-state index is -0.615. The monoisotopic (exact) mass is 501 g/mol. The summed E-state index contributed by atoms with van der Waals surface area (Å²) in [7, 11) is 0. The van der Waals surface area contributed by atoms with Crippen molar-refractivity contribution in [1.82, 2.24) is 4.57 Å². The molecule has 1 aliphatic heterocycles. The quantitative estimate of drug-likeness (QED) is 0.427. The Morgan fingerprint density at radius 2 is 1.89 bits per heavy atom. The zero-order valence-electron chi connectivity index (χ0n) is 19.2. The topological polar surface area (TPSA) is 72.7 Å². The fraction of sp³-hybridized carbons (Fsp3) is 0.148. The lowest BCUT2D eigenvalue weighted by atomic mass is 9.95. The molecule has 3 heterocycles. The Balaban J connectivity index is 1.66. The van der Waals surface area contributed by atoms with E-state index >= 15 is 0 Å². The van der Waals surface area contributed by atoms with Crippen molar-refractivity contribution < 1.29 is 9.53 Å². The molecule has 6 nitrogen and oxygen atoms in total. The van der Waals surface area contributed by atoms with Crippen LogP contribution in [0.1, 0.15) is 30.3 Å². The van der Waals surface area contributed by atoms with Crippen LogP contribution in [0.15, 0.2) is 93.2 Å². The number of thiophene rings is 1. The predicted molar refractivity (Wildman–Crippen MR) is 141 cm³/mol. The molecule has 0 spiro atoms. The highest BCUT2D eigenvalue weighted by molar-refractivity contribution is 7.11. The molecule has 2 aromatic carbocycles. The third kappa shape index (κ3) is 4.62. The third-order valence-corrected chi connectivity index (χ3v) is 7.42. The second kappa shape index (κ2) is 9.85. The molecular formula is C27H23N3O3S2. The molecule has 4 aromatic rings. The number of carbonyl (C=O) groups excluding carboxylic acids is 1. The van der Waals surface area contributed by atoms with Crippen LogP contribution in [0.25, 0.3) is 6.08 Å². The Kier molecular flexibility index (Phi) is 6.48. The zero-order valence-corrected chi connectivity index (χ0v) is 20.9. The number of benzene rings is 2.